The van der Waals surface area contributed by atoms with Gasteiger partial charge in [0.25, 0.3) is 10.0 Å². The second-order valence-electron chi connectivity index (χ2n) is 3.38. The second-order valence-corrected chi connectivity index (χ2v) is 6.21. The first kappa shape index (κ1) is 12.0. The van der Waals surface area contributed by atoms with Crippen LogP contribution < -0.4 is 10.3 Å². The van der Waals surface area contributed by atoms with Crippen molar-refractivity contribution in [2.45, 2.75) is 11.1 Å². The van der Waals surface area contributed by atoms with Crippen molar-refractivity contribution in [1.82, 2.24) is 15.3 Å². The molecule has 9 heteroatoms. The molecule has 2 rings (SSSR count). The maximum Gasteiger partial charge on any atom is 0.353 e. The molecule has 1 aromatic rings. The summed E-state index contributed by atoms with van der Waals surface area (Å²) in [5, 5.41) is 6.32. The number of rotatable bonds is 3. The highest BCUT2D eigenvalue weighted by Gasteiger charge is 2.25. The number of hydrazine groups is 1. The number of hydrazone groups is 1. The van der Waals surface area contributed by atoms with E-state index in [9.17, 15) is 13.2 Å². The molecule has 17 heavy (non-hydrogen) atoms. The Labute approximate surface area is 102 Å². The van der Waals surface area contributed by atoms with Crippen molar-refractivity contribution in [1.29, 1.82) is 0 Å². The Morgan fingerprint density at radius 2 is 2.35 bits per heavy atom. The summed E-state index contributed by atoms with van der Waals surface area (Å²) in [6.45, 7) is 1.81. The Balaban J connectivity index is 2.17. The van der Waals surface area contributed by atoms with Crippen molar-refractivity contribution >= 4 is 33.1 Å². The topological polar surface area (TPSA) is 90.9 Å². The minimum atomic E-state index is -3.69. The fraction of sp³-hybridized carbons (Fsp3) is 0.250. The van der Waals surface area contributed by atoms with E-state index in [1.54, 1.807) is 18.4 Å². The van der Waals surface area contributed by atoms with E-state index in [0.717, 1.165) is 16.3 Å². The maximum atomic E-state index is 11.9. The van der Waals surface area contributed by atoms with E-state index in [4.69, 9.17) is 0 Å². The molecule has 0 bridgehead atoms. The quantitative estimate of drug-likeness (QED) is 0.832. The molecule has 0 radical (unpaired) electrons. The molecule has 7 nitrogen and oxygen atoms in total. The van der Waals surface area contributed by atoms with Gasteiger partial charge in [-0.3, -0.25) is 0 Å². The number of nitrogens with zero attached hydrogens (tertiary/aromatic N) is 2. The molecule has 0 aliphatic carbocycles. The van der Waals surface area contributed by atoms with Crippen LogP contribution in [0.1, 0.15) is 6.92 Å². The first-order valence-corrected chi connectivity index (χ1v) is 7.02. The fourth-order valence-electron chi connectivity index (χ4n) is 1.22. The van der Waals surface area contributed by atoms with Gasteiger partial charge >= 0.3 is 6.03 Å². The van der Waals surface area contributed by atoms with Crippen molar-refractivity contribution < 1.29 is 13.2 Å². The Morgan fingerprint density at radius 3 is 3.00 bits per heavy atom. The number of hydrogen-bond donors (Lipinski definition) is 2. The van der Waals surface area contributed by atoms with E-state index >= 15 is 0 Å². The van der Waals surface area contributed by atoms with Gasteiger partial charge in [-0.2, -0.15) is 5.10 Å². The molecule has 0 fully saturated rings. The molecular weight excluding hydrogens is 264 g/mol. The number of hydrogen-bond acceptors (Lipinski definition) is 5. The molecule has 0 spiro atoms. The van der Waals surface area contributed by atoms with Crippen LogP contribution in [0.5, 0.6) is 0 Å². The molecule has 0 saturated carbocycles. The standard InChI is InChI=1S/C8H10N4O3S2/c1-6-5-12(8(13)10-9-6)11-17(14,15)7-3-2-4-16-7/h2-4,11H,5H2,1H3,(H,10,13). The molecule has 0 atom stereocenters. The molecule has 92 valence electrons. The van der Waals surface area contributed by atoms with Gasteiger partial charge in [0.1, 0.15) is 4.21 Å². The van der Waals surface area contributed by atoms with Gasteiger partial charge < -0.3 is 0 Å². The first-order valence-electron chi connectivity index (χ1n) is 4.66. The predicted molar refractivity (Wildman–Crippen MR) is 63.0 cm³/mol. The Kier molecular flexibility index (Phi) is 3.13. The number of carbonyl (C=O) groups is 1. The normalized spacial score (nSPS) is 16.6. The second kappa shape index (κ2) is 4.43. The van der Waals surface area contributed by atoms with E-state index in [1.807, 2.05) is 0 Å². The van der Waals surface area contributed by atoms with E-state index in [1.165, 1.54) is 6.07 Å². The Morgan fingerprint density at radius 1 is 1.59 bits per heavy atom. The minimum Gasteiger partial charge on any atom is -0.245 e. The Hall–Kier alpha value is -1.45. The van der Waals surface area contributed by atoms with Gasteiger partial charge in [0.15, 0.2) is 0 Å². The lowest BCUT2D eigenvalue weighted by Crippen LogP contribution is -2.54. The number of amides is 2. The molecule has 2 amide bonds. The molecule has 0 saturated heterocycles. The zero-order valence-corrected chi connectivity index (χ0v) is 10.5. The molecule has 1 aliphatic rings. The third kappa shape index (κ3) is 2.62. The van der Waals surface area contributed by atoms with Crippen molar-refractivity contribution in [3.63, 3.8) is 0 Å². The third-order valence-electron chi connectivity index (χ3n) is 1.96. The molecule has 1 aromatic heterocycles. The van der Waals surface area contributed by atoms with Crippen LogP contribution in [-0.4, -0.2) is 31.7 Å². The first-order chi connectivity index (χ1) is 7.99. The minimum absolute atomic E-state index is 0.121. The lowest BCUT2D eigenvalue weighted by Gasteiger charge is -2.25. The van der Waals surface area contributed by atoms with E-state index in [0.29, 0.717) is 5.71 Å². The van der Waals surface area contributed by atoms with Crippen LogP contribution in [0.3, 0.4) is 0 Å². The van der Waals surface area contributed by atoms with Crippen LogP contribution in [0.4, 0.5) is 4.79 Å². The summed E-state index contributed by atoms with van der Waals surface area (Å²) in [6, 6.07) is 2.49. The summed E-state index contributed by atoms with van der Waals surface area (Å²) in [7, 11) is -3.69. The fourth-order valence-corrected chi connectivity index (χ4v) is 3.24. The summed E-state index contributed by atoms with van der Waals surface area (Å²) < 4.78 is 23.9. The van der Waals surface area contributed by atoms with Crippen LogP contribution >= 0.6 is 11.3 Å². The van der Waals surface area contributed by atoms with Crippen LogP contribution in [0, 0.1) is 0 Å². The number of sulfonamides is 1. The summed E-state index contributed by atoms with van der Waals surface area (Å²) in [5.41, 5.74) is 2.81. The summed E-state index contributed by atoms with van der Waals surface area (Å²) in [4.78, 5) is 13.6. The SMILES string of the molecule is CC1=NNC(=O)N(NS(=O)(=O)c2cccs2)C1. The van der Waals surface area contributed by atoms with Gasteiger partial charge in [-0.15, -0.1) is 16.2 Å². The van der Waals surface area contributed by atoms with Crippen LogP contribution in [0.2, 0.25) is 0 Å². The van der Waals surface area contributed by atoms with Gasteiger partial charge in [-0.1, -0.05) is 6.07 Å². The number of nitrogens with one attached hydrogen (secondary N) is 2. The van der Waals surface area contributed by atoms with Gasteiger partial charge in [-0.05, 0) is 18.4 Å². The van der Waals surface area contributed by atoms with Crippen molar-refractivity contribution in [3.8, 4) is 0 Å². The zero-order chi connectivity index (χ0) is 12.5. The van der Waals surface area contributed by atoms with Crippen molar-refractivity contribution in [3.05, 3.63) is 17.5 Å². The average molecular weight is 274 g/mol. The van der Waals surface area contributed by atoms with Gasteiger partial charge in [0.2, 0.25) is 0 Å². The molecule has 0 aromatic carbocycles. The molecular formula is C8H10N4O3S2. The average Bonchev–Trinajstić information content (AvgIpc) is 2.77. The predicted octanol–water partition coefficient (Wildman–Crippen LogP) is 0.343. The lowest BCUT2D eigenvalue weighted by atomic mass is 10.4. The van der Waals surface area contributed by atoms with Crippen LogP contribution in [0.25, 0.3) is 0 Å². The highest BCUT2D eigenvalue weighted by molar-refractivity contribution is 7.91. The highest BCUT2D eigenvalue weighted by Crippen LogP contribution is 2.15. The van der Waals surface area contributed by atoms with Crippen molar-refractivity contribution in [2.75, 3.05) is 6.54 Å². The Bertz CT molecular complexity index is 549. The lowest BCUT2D eigenvalue weighted by molar-refractivity contribution is 0.193. The monoisotopic (exact) mass is 274 g/mol. The van der Waals surface area contributed by atoms with E-state index < -0.39 is 16.1 Å². The van der Waals surface area contributed by atoms with E-state index in [2.05, 4.69) is 15.4 Å². The number of thiophene rings is 1. The summed E-state index contributed by atoms with van der Waals surface area (Å²) in [6.07, 6.45) is 0. The molecule has 0 unspecified atom stereocenters. The van der Waals surface area contributed by atoms with Gasteiger partial charge in [0, 0.05) is 0 Å². The highest BCUT2D eigenvalue weighted by atomic mass is 32.2. The summed E-state index contributed by atoms with van der Waals surface area (Å²) in [5.74, 6) is 0. The maximum absolute atomic E-state index is 11.9. The zero-order valence-electron chi connectivity index (χ0n) is 8.87. The van der Waals surface area contributed by atoms with Crippen LogP contribution in [0.15, 0.2) is 26.8 Å². The largest absolute Gasteiger partial charge is 0.353 e. The summed E-state index contributed by atoms with van der Waals surface area (Å²) >= 11 is 1.08. The van der Waals surface area contributed by atoms with E-state index in [-0.39, 0.29) is 10.8 Å². The molecule has 2 N–H and O–H groups in total. The number of carbonyl (C=O) groups excluding carboxylic acids is 1. The van der Waals surface area contributed by atoms with Gasteiger partial charge in [0.05, 0.1) is 12.3 Å². The van der Waals surface area contributed by atoms with Crippen LogP contribution in [-0.2, 0) is 10.0 Å². The van der Waals surface area contributed by atoms with Crippen molar-refractivity contribution in [2.24, 2.45) is 5.10 Å². The molecule has 1 aliphatic heterocycles. The molecule has 2 heterocycles. The van der Waals surface area contributed by atoms with Gasteiger partial charge in [-0.25, -0.2) is 23.6 Å². The smallest absolute Gasteiger partial charge is 0.245 e. The number of urea groups is 1. The third-order valence-corrected chi connectivity index (χ3v) is 4.70.